The quantitative estimate of drug-likeness (QED) is 0.751. The molecule has 0 radical (unpaired) electrons. The van der Waals surface area contributed by atoms with Crippen molar-refractivity contribution in [1.29, 1.82) is 5.26 Å². The number of nitrogens with zero attached hydrogens (tertiary/aromatic N) is 2. The molecule has 1 heterocycles. The summed E-state index contributed by atoms with van der Waals surface area (Å²) in [4.78, 5) is 13.0. The largest absolute Gasteiger partial charge is 0.355 e. The number of rotatable bonds is 6. The summed E-state index contributed by atoms with van der Waals surface area (Å²) in [5, 5.41) is 12.0. The van der Waals surface area contributed by atoms with E-state index < -0.39 is 10.0 Å². The van der Waals surface area contributed by atoms with Crippen LogP contribution in [-0.2, 0) is 20.2 Å². The van der Waals surface area contributed by atoms with Crippen molar-refractivity contribution in [2.24, 2.45) is 5.92 Å². The van der Waals surface area contributed by atoms with Crippen molar-refractivity contribution in [2.75, 3.05) is 19.6 Å². The molecule has 0 aromatic heterocycles. The predicted octanol–water partition coefficient (Wildman–Crippen LogP) is 3.20. The van der Waals surface area contributed by atoms with Gasteiger partial charge in [0.05, 0.1) is 16.5 Å². The van der Waals surface area contributed by atoms with Crippen molar-refractivity contribution < 1.29 is 13.2 Å². The van der Waals surface area contributed by atoms with E-state index in [9.17, 15) is 13.2 Å². The molecule has 1 N–H and O–H groups in total. The second-order valence-electron chi connectivity index (χ2n) is 8.53. The van der Waals surface area contributed by atoms with Crippen LogP contribution in [0.3, 0.4) is 0 Å². The monoisotopic (exact) mass is 437 g/mol. The van der Waals surface area contributed by atoms with Gasteiger partial charge in [-0.1, -0.05) is 36.8 Å². The van der Waals surface area contributed by atoms with E-state index in [2.05, 4.69) is 17.4 Å². The topological polar surface area (TPSA) is 90.3 Å². The van der Waals surface area contributed by atoms with E-state index >= 15 is 0 Å². The van der Waals surface area contributed by atoms with Gasteiger partial charge in [0, 0.05) is 31.0 Å². The number of amides is 1. The minimum Gasteiger partial charge on any atom is -0.355 e. The zero-order valence-electron chi connectivity index (χ0n) is 17.5. The molecule has 1 saturated carbocycles. The molecule has 2 aromatic carbocycles. The van der Waals surface area contributed by atoms with Crippen molar-refractivity contribution >= 4 is 15.9 Å². The third-order valence-corrected chi connectivity index (χ3v) is 8.66. The first-order chi connectivity index (χ1) is 14.9. The molecular formula is C24H27N3O3S. The lowest BCUT2D eigenvalue weighted by Gasteiger charge is -2.43. The van der Waals surface area contributed by atoms with Gasteiger partial charge in [-0.05, 0) is 55.5 Å². The maximum absolute atomic E-state index is 12.9. The number of carbonyl (C=O) groups excluding carboxylic acids is 1. The summed E-state index contributed by atoms with van der Waals surface area (Å²) in [6.45, 7) is 1.29. The Balaban J connectivity index is 1.33. The van der Waals surface area contributed by atoms with E-state index in [4.69, 9.17) is 5.26 Å². The van der Waals surface area contributed by atoms with Crippen molar-refractivity contribution in [3.8, 4) is 6.07 Å². The zero-order valence-corrected chi connectivity index (χ0v) is 18.3. The second kappa shape index (κ2) is 8.81. The molecule has 0 unspecified atom stereocenters. The van der Waals surface area contributed by atoms with E-state index in [1.54, 1.807) is 0 Å². The molecule has 0 atom stereocenters. The standard InChI is InChI=1S/C24H27N3O3S/c25-17-19-7-9-22(10-8-19)31(29,30)27-15-11-20(12-16-27)23(28)26-18-24(13-4-14-24)21-5-2-1-3-6-21/h1-3,5-10,20H,4,11-16,18H2,(H,26,28). The second-order valence-corrected chi connectivity index (χ2v) is 10.5. The Kier molecular flexibility index (Phi) is 6.12. The fourth-order valence-corrected chi connectivity index (χ4v) is 6.04. The van der Waals surface area contributed by atoms with Crippen LogP contribution in [0.25, 0.3) is 0 Å². The average Bonchev–Trinajstić information content (AvgIpc) is 2.79. The minimum absolute atomic E-state index is 0.0256. The van der Waals surface area contributed by atoms with Gasteiger partial charge in [-0.25, -0.2) is 8.42 Å². The van der Waals surface area contributed by atoms with Crippen molar-refractivity contribution in [3.05, 3.63) is 65.7 Å². The van der Waals surface area contributed by atoms with Gasteiger partial charge in [0.25, 0.3) is 0 Å². The van der Waals surface area contributed by atoms with E-state index in [1.165, 1.54) is 40.6 Å². The summed E-state index contributed by atoms with van der Waals surface area (Å²) >= 11 is 0. The van der Waals surface area contributed by atoms with Crippen LogP contribution in [0.1, 0.15) is 43.2 Å². The minimum atomic E-state index is -3.61. The van der Waals surface area contributed by atoms with E-state index in [-0.39, 0.29) is 22.1 Å². The van der Waals surface area contributed by atoms with Crippen molar-refractivity contribution in [3.63, 3.8) is 0 Å². The number of nitrogens with one attached hydrogen (secondary N) is 1. The summed E-state index contributed by atoms with van der Waals surface area (Å²) < 4.78 is 27.2. The highest BCUT2D eigenvalue weighted by Gasteiger charge is 2.39. The van der Waals surface area contributed by atoms with Crippen LogP contribution in [0.2, 0.25) is 0 Å². The first-order valence-corrected chi connectivity index (χ1v) is 12.2. The molecule has 4 rings (SSSR count). The van der Waals surface area contributed by atoms with Crippen LogP contribution in [-0.4, -0.2) is 38.3 Å². The maximum Gasteiger partial charge on any atom is 0.243 e. The summed E-state index contributed by atoms with van der Waals surface area (Å²) in [5.74, 6) is -0.141. The average molecular weight is 438 g/mol. The number of sulfonamides is 1. The lowest BCUT2D eigenvalue weighted by Crippen LogP contribution is -2.48. The number of carbonyl (C=O) groups is 1. The molecule has 7 heteroatoms. The highest BCUT2D eigenvalue weighted by atomic mass is 32.2. The lowest BCUT2D eigenvalue weighted by molar-refractivity contribution is -0.126. The highest BCUT2D eigenvalue weighted by Crippen LogP contribution is 2.43. The van der Waals surface area contributed by atoms with Crippen molar-refractivity contribution in [2.45, 2.75) is 42.4 Å². The number of hydrogen-bond acceptors (Lipinski definition) is 4. The van der Waals surface area contributed by atoms with Crippen LogP contribution in [0.15, 0.2) is 59.5 Å². The van der Waals surface area contributed by atoms with Crippen LogP contribution in [0.4, 0.5) is 0 Å². The number of benzene rings is 2. The molecule has 0 bridgehead atoms. The van der Waals surface area contributed by atoms with Gasteiger partial charge in [0.2, 0.25) is 15.9 Å². The third kappa shape index (κ3) is 4.36. The van der Waals surface area contributed by atoms with Gasteiger partial charge < -0.3 is 5.32 Å². The van der Waals surface area contributed by atoms with Gasteiger partial charge in [-0.2, -0.15) is 9.57 Å². The fraction of sp³-hybridized carbons (Fsp3) is 0.417. The smallest absolute Gasteiger partial charge is 0.243 e. The first-order valence-electron chi connectivity index (χ1n) is 10.8. The van der Waals surface area contributed by atoms with Gasteiger partial charge in [-0.3, -0.25) is 4.79 Å². The highest BCUT2D eigenvalue weighted by molar-refractivity contribution is 7.89. The summed E-state index contributed by atoms with van der Waals surface area (Å²) in [7, 11) is -3.61. The first kappa shape index (κ1) is 21.5. The molecule has 2 aromatic rings. The normalized spacial score (nSPS) is 19.2. The maximum atomic E-state index is 12.9. The summed E-state index contributed by atoms with van der Waals surface area (Å²) in [5.41, 5.74) is 1.75. The molecule has 0 spiro atoms. The van der Waals surface area contributed by atoms with E-state index in [1.807, 2.05) is 24.3 Å². The Morgan fingerprint density at radius 2 is 1.71 bits per heavy atom. The number of piperidine rings is 1. The molecule has 2 fully saturated rings. The predicted molar refractivity (Wildman–Crippen MR) is 118 cm³/mol. The Morgan fingerprint density at radius 3 is 2.26 bits per heavy atom. The molecule has 162 valence electrons. The Bertz CT molecular complexity index is 1060. The van der Waals surface area contributed by atoms with Crippen LogP contribution >= 0.6 is 0 Å². The van der Waals surface area contributed by atoms with Crippen molar-refractivity contribution in [1.82, 2.24) is 9.62 Å². The van der Waals surface area contributed by atoms with Gasteiger partial charge >= 0.3 is 0 Å². The third-order valence-electron chi connectivity index (χ3n) is 6.74. The molecule has 6 nitrogen and oxygen atoms in total. The molecule has 1 saturated heterocycles. The molecule has 1 amide bonds. The summed E-state index contributed by atoms with van der Waals surface area (Å²) in [6, 6.07) is 18.3. The molecular weight excluding hydrogens is 410 g/mol. The molecule has 1 aliphatic heterocycles. The Hall–Kier alpha value is -2.69. The SMILES string of the molecule is N#Cc1ccc(S(=O)(=O)N2CCC(C(=O)NCC3(c4ccccc4)CCC3)CC2)cc1. The van der Waals surface area contributed by atoms with Gasteiger partial charge in [0.15, 0.2) is 0 Å². The number of nitriles is 1. The van der Waals surface area contributed by atoms with E-state index in [0.717, 1.165) is 12.8 Å². The zero-order chi connectivity index (χ0) is 21.9. The van der Waals surface area contributed by atoms with Gasteiger partial charge in [0.1, 0.15) is 0 Å². The van der Waals surface area contributed by atoms with Crippen LogP contribution in [0, 0.1) is 17.2 Å². The Labute approximate surface area is 183 Å². The Morgan fingerprint density at radius 1 is 1.06 bits per heavy atom. The number of hydrogen-bond donors (Lipinski definition) is 1. The van der Waals surface area contributed by atoms with Gasteiger partial charge in [-0.15, -0.1) is 0 Å². The summed E-state index contributed by atoms with van der Waals surface area (Å²) in [6.07, 6.45) is 4.37. The van der Waals surface area contributed by atoms with E-state index in [0.29, 0.717) is 38.0 Å². The van der Waals surface area contributed by atoms with Crippen LogP contribution in [0.5, 0.6) is 0 Å². The molecule has 31 heavy (non-hydrogen) atoms. The molecule has 2 aliphatic rings. The fourth-order valence-electron chi connectivity index (χ4n) is 4.57. The molecule has 1 aliphatic carbocycles. The van der Waals surface area contributed by atoms with Crippen LogP contribution < -0.4 is 5.32 Å². The lowest BCUT2D eigenvalue weighted by atomic mass is 9.64.